The Kier molecular flexibility index (Phi) is 7.37. The maximum Gasteiger partial charge on any atom is 0.206 e. The van der Waals surface area contributed by atoms with E-state index in [0.29, 0.717) is 12.5 Å². The van der Waals surface area contributed by atoms with Gasteiger partial charge in [0.1, 0.15) is 0 Å². The standard InChI is InChI=1S/C11H20N4OS/c1-2-16-7-4-6-13-11(15-12)14-9-10-5-3-8-17-10/h3,5,8H,2,4,6-7,9,12H2,1H3,(H2,13,14,15). The van der Waals surface area contributed by atoms with Gasteiger partial charge < -0.3 is 10.1 Å². The molecule has 0 fully saturated rings. The van der Waals surface area contributed by atoms with E-state index >= 15 is 0 Å². The van der Waals surface area contributed by atoms with Gasteiger partial charge in [-0.15, -0.1) is 11.3 Å². The second-order valence-electron chi connectivity index (χ2n) is 3.37. The Morgan fingerprint density at radius 1 is 1.59 bits per heavy atom. The lowest BCUT2D eigenvalue weighted by Gasteiger charge is -2.08. The van der Waals surface area contributed by atoms with Gasteiger partial charge in [0.25, 0.3) is 0 Å². The van der Waals surface area contributed by atoms with E-state index in [0.717, 1.165) is 26.2 Å². The Bertz CT molecular complexity index is 313. The molecular formula is C11H20N4OS. The molecule has 4 N–H and O–H groups in total. The zero-order valence-electron chi connectivity index (χ0n) is 10.1. The van der Waals surface area contributed by atoms with Gasteiger partial charge in [-0.25, -0.2) is 10.8 Å². The lowest BCUT2D eigenvalue weighted by atomic mass is 10.4. The summed E-state index contributed by atoms with van der Waals surface area (Å²) in [6, 6.07) is 4.07. The Hall–Kier alpha value is -1.11. The van der Waals surface area contributed by atoms with E-state index in [1.54, 1.807) is 11.3 Å². The Morgan fingerprint density at radius 2 is 2.47 bits per heavy atom. The average Bonchev–Trinajstić information content (AvgIpc) is 2.86. The van der Waals surface area contributed by atoms with Crippen LogP contribution in [0.3, 0.4) is 0 Å². The molecule has 0 amide bonds. The fraction of sp³-hybridized carbons (Fsp3) is 0.545. The molecule has 0 aliphatic carbocycles. The third-order valence-corrected chi connectivity index (χ3v) is 2.93. The number of nitrogens with zero attached hydrogens (tertiary/aromatic N) is 1. The SMILES string of the molecule is CCOCCCNC(=NCc1cccs1)NN. The van der Waals surface area contributed by atoms with Gasteiger partial charge in [-0.1, -0.05) is 6.07 Å². The first-order valence-corrected chi connectivity index (χ1v) is 6.59. The van der Waals surface area contributed by atoms with Gasteiger partial charge >= 0.3 is 0 Å². The van der Waals surface area contributed by atoms with Crippen LogP contribution in [0.4, 0.5) is 0 Å². The molecule has 0 bridgehead atoms. The van der Waals surface area contributed by atoms with Gasteiger partial charge in [0.05, 0.1) is 6.54 Å². The number of ether oxygens (including phenoxy) is 1. The molecule has 1 aromatic rings. The maximum absolute atomic E-state index is 5.38. The van der Waals surface area contributed by atoms with E-state index in [1.165, 1.54) is 4.88 Å². The molecule has 0 saturated carbocycles. The fourth-order valence-corrected chi connectivity index (χ4v) is 1.87. The van der Waals surface area contributed by atoms with Crippen molar-refractivity contribution < 1.29 is 4.74 Å². The number of hydrogen-bond donors (Lipinski definition) is 3. The summed E-state index contributed by atoms with van der Waals surface area (Å²) >= 11 is 1.69. The Balaban J connectivity index is 2.20. The highest BCUT2D eigenvalue weighted by atomic mass is 32.1. The molecule has 0 spiro atoms. The summed E-state index contributed by atoms with van der Waals surface area (Å²) in [6.07, 6.45) is 0.938. The summed E-state index contributed by atoms with van der Waals surface area (Å²) < 4.78 is 5.24. The molecule has 0 radical (unpaired) electrons. The van der Waals surface area contributed by atoms with Crippen LogP contribution in [-0.2, 0) is 11.3 Å². The first-order chi connectivity index (χ1) is 8.36. The van der Waals surface area contributed by atoms with Crippen LogP contribution in [0, 0.1) is 0 Å². The van der Waals surface area contributed by atoms with Gasteiger partial charge in [0.15, 0.2) is 0 Å². The summed E-state index contributed by atoms with van der Waals surface area (Å²) in [5.74, 6) is 6.00. The number of guanidine groups is 1. The van der Waals surface area contributed by atoms with Crippen LogP contribution >= 0.6 is 11.3 Å². The lowest BCUT2D eigenvalue weighted by molar-refractivity contribution is 0.145. The number of nitrogens with two attached hydrogens (primary N) is 1. The van der Waals surface area contributed by atoms with Crippen molar-refractivity contribution in [3.63, 3.8) is 0 Å². The third kappa shape index (κ3) is 6.25. The Labute approximate surface area is 106 Å². The van der Waals surface area contributed by atoms with Crippen LogP contribution in [0.15, 0.2) is 22.5 Å². The number of nitrogens with one attached hydrogen (secondary N) is 2. The van der Waals surface area contributed by atoms with E-state index in [-0.39, 0.29) is 0 Å². The summed E-state index contributed by atoms with van der Waals surface area (Å²) in [6.45, 7) is 4.95. The van der Waals surface area contributed by atoms with E-state index < -0.39 is 0 Å². The molecule has 0 saturated heterocycles. The second kappa shape index (κ2) is 8.98. The van der Waals surface area contributed by atoms with E-state index in [2.05, 4.69) is 21.8 Å². The molecule has 1 aromatic heterocycles. The Morgan fingerprint density at radius 3 is 3.12 bits per heavy atom. The van der Waals surface area contributed by atoms with Crippen LogP contribution in [-0.4, -0.2) is 25.7 Å². The van der Waals surface area contributed by atoms with Crippen molar-refractivity contribution in [1.82, 2.24) is 10.7 Å². The van der Waals surface area contributed by atoms with Crippen molar-refractivity contribution in [2.24, 2.45) is 10.8 Å². The van der Waals surface area contributed by atoms with Crippen molar-refractivity contribution in [2.75, 3.05) is 19.8 Å². The number of hydrazine groups is 1. The monoisotopic (exact) mass is 256 g/mol. The maximum atomic E-state index is 5.38. The highest BCUT2D eigenvalue weighted by Gasteiger charge is 1.96. The summed E-state index contributed by atoms with van der Waals surface area (Å²) in [5, 5.41) is 5.17. The van der Waals surface area contributed by atoms with Crippen LogP contribution in [0.2, 0.25) is 0 Å². The number of aliphatic imine (C=N–C) groups is 1. The molecule has 1 heterocycles. The minimum Gasteiger partial charge on any atom is -0.382 e. The van der Waals surface area contributed by atoms with Crippen molar-refractivity contribution >= 4 is 17.3 Å². The predicted octanol–water partition coefficient (Wildman–Crippen LogP) is 1.08. The van der Waals surface area contributed by atoms with E-state index in [4.69, 9.17) is 10.6 Å². The quantitative estimate of drug-likeness (QED) is 0.224. The molecule has 96 valence electrons. The van der Waals surface area contributed by atoms with Crippen molar-refractivity contribution in [1.29, 1.82) is 0 Å². The number of hydrogen-bond acceptors (Lipinski definition) is 4. The van der Waals surface area contributed by atoms with E-state index in [9.17, 15) is 0 Å². The summed E-state index contributed by atoms with van der Waals surface area (Å²) in [7, 11) is 0. The van der Waals surface area contributed by atoms with Crippen LogP contribution in [0.1, 0.15) is 18.2 Å². The second-order valence-corrected chi connectivity index (χ2v) is 4.40. The van der Waals surface area contributed by atoms with Crippen molar-refractivity contribution in [3.05, 3.63) is 22.4 Å². The molecule has 0 aliphatic rings. The first kappa shape index (κ1) is 14.0. The highest BCUT2D eigenvalue weighted by Crippen LogP contribution is 2.08. The molecule has 5 nitrogen and oxygen atoms in total. The van der Waals surface area contributed by atoms with E-state index in [1.807, 2.05) is 18.4 Å². The highest BCUT2D eigenvalue weighted by molar-refractivity contribution is 7.09. The lowest BCUT2D eigenvalue weighted by Crippen LogP contribution is -2.42. The van der Waals surface area contributed by atoms with Gasteiger partial charge in [-0.3, -0.25) is 5.43 Å². The zero-order chi connectivity index (χ0) is 12.3. The van der Waals surface area contributed by atoms with Gasteiger partial charge in [-0.2, -0.15) is 0 Å². The van der Waals surface area contributed by atoms with Crippen LogP contribution in [0.25, 0.3) is 0 Å². The minimum absolute atomic E-state index is 0.620. The molecule has 6 heteroatoms. The van der Waals surface area contributed by atoms with Crippen molar-refractivity contribution in [3.8, 4) is 0 Å². The molecule has 0 aromatic carbocycles. The van der Waals surface area contributed by atoms with Crippen LogP contribution in [0.5, 0.6) is 0 Å². The first-order valence-electron chi connectivity index (χ1n) is 5.72. The largest absolute Gasteiger partial charge is 0.382 e. The zero-order valence-corrected chi connectivity index (χ0v) is 10.9. The summed E-state index contributed by atoms with van der Waals surface area (Å²) in [4.78, 5) is 5.56. The third-order valence-electron chi connectivity index (χ3n) is 2.07. The average molecular weight is 256 g/mol. The topological polar surface area (TPSA) is 71.7 Å². The summed E-state index contributed by atoms with van der Waals surface area (Å²) in [5.41, 5.74) is 2.56. The molecular weight excluding hydrogens is 236 g/mol. The minimum atomic E-state index is 0.620. The smallest absolute Gasteiger partial charge is 0.206 e. The molecule has 0 unspecified atom stereocenters. The fourth-order valence-electron chi connectivity index (χ4n) is 1.24. The number of thiophene rings is 1. The molecule has 0 aliphatic heterocycles. The van der Waals surface area contributed by atoms with Crippen molar-refractivity contribution in [2.45, 2.75) is 19.9 Å². The van der Waals surface area contributed by atoms with Crippen LogP contribution < -0.4 is 16.6 Å². The van der Waals surface area contributed by atoms with Gasteiger partial charge in [-0.05, 0) is 24.8 Å². The molecule has 1 rings (SSSR count). The van der Waals surface area contributed by atoms with Gasteiger partial charge in [0, 0.05) is 24.6 Å². The number of rotatable bonds is 7. The normalized spacial score (nSPS) is 11.5. The molecule has 0 atom stereocenters. The molecule has 17 heavy (non-hydrogen) atoms. The van der Waals surface area contributed by atoms with Gasteiger partial charge in [0.2, 0.25) is 5.96 Å². The predicted molar refractivity (Wildman–Crippen MR) is 71.9 cm³/mol.